The molecule has 0 bridgehead atoms. The van der Waals surface area contributed by atoms with Crippen LogP contribution in [-0.2, 0) is 4.79 Å². The van der Waals surface area contributed by atoms with Gasteiger partial charge in [-0.1, -0.05) is 12.6 Å². The lowest BCUT2D eigenvalue weighted by Crippen LogP contribution is -2.04. The van der Waals surface area contributed by atoms with E-state index in [0.29, 0.717) is 0 Å². The van der Waals surface area contributed by atoms with E-state index >= 15 is 0 Å². The lowest BCUT2D eigenvalue weighted by molar-refractivity contribution is -0.114. The summed E-state index contributed by atoms with van der Waals surface area (Å²) in [7, 11) is 0. The number of carbonyl (C=O) groups is 1. The van der Waals surface area contributed by atoms with Crippen LogP contribution in [0, 0.1) is 0 Å². The van der Waals surface area contributed by atoms with E-state index in [9.17, 15) is 4.79 Å². The van der Waals surface area contributed by atoms with Crippen molar-refractivity contribution in [2.75, 3.05) is 5.32 Å². The van der Waals surface area contributed by atoms with E-state index in [2.05, 4.69) is 5.32 Å². The van der Waals surface area contributed by atoms with Crippen LogP contribution in [0.3, 0.4) is 0 Å². The maximum Gasteiger partial charge on any atom is 0.221 e. The van der Waals surface area contributed by atoms with Gasteiger partial charge in [0.1, 0.15) is 0 Å². The molecular formula is C8H13F5NOS. The van der Waals surface area contributed by atoms with Crippen LogP contribution in [0.25, 0.3) is 0 Å². The van der Waals surface area contributed by atoms with Crippen molar-refractivity contribution in [3.8, 4) is 0 Å². The first kappa shape index (κ1) is 29.3. The first-order chi connectivity index (χ1) is 5.18. The predicted molar refractivity (Wildman–Crippen MR) is 59.1 cm³/mol. The molecule has 0 spiro atoms. The molecule has 8 heteroatoms. The van der Waals surface area contributed by atoms with Gasteiger partial charge in [0, 0.05) is 17.5 Å². The largest absolute Gasteiger partial charge is 0.326 e. The Balaban J connectivity index is -0.0000000807. The van der Waals surface area contributed by atoms with Crippen LogP contribution >= 0.6 is 12.6 Å². The van der Waals surface area contributed by atoms with Crippen LogP contribution in [0.4, 0.5) is 29.2 Å². The molecule has 2 nitrogen and oxygen atoms in total. The first-order valence-electron chi connectivity index (χ1n) is 3.23. The number of rotatable bonds is 1. The Bertz CT molecular complexity index is 270. The normalized spacial score (nSPS) is 6.31. The van der Waals surface area contributed by atoms with Gasteiger partial charge in [0.2, 0.25) is 5.91 Å². The summed E-state index contributed by atoms with van der Waals surface area (Å²) in [4.78, 5) is 11.3. The molecule has 0 aromatic heterocycles. The molecule has 1 amide bonds. The Morgan fingerprint density at radius 1 is 1.00 bits per heavy atom. The third-order valence-electron chi connectivity index (χ3n) is 1.17. The van der Waals surface area contributed by atoms with Gasteiger partial charge >= 0.3 is 0 Å². The van der Waals surface area contributed by atoms with Gasteiger partial charge < -0.3 is 5.32 Å². The van der Waals surface area contributed by atoms with Crippen molar-refractivity contribution in [2.45, 2.75) is 11.8 Å². The number of anilines is 1. The summed E-state index contributed by atoms with van der Waals surface area (Å²) in [6, 6.07) is 7.12. The van der Waals surface area contributed by atoms with E-state index in [1.54, 1.807) is 24.3 Å². The third-order valence-corrected chi connectivity index (χ3v) is 1.45. The first-order valence-corrected chi connectivity index (χ1v) is 3.64. The van der Waals surface area contributed by atoms with E-state index in [4.69, 9.17) is 12.6 Å². The topological polar surface area (TPSA) is 29.1 Å². The van der Waals surface area contributed by atoms with Gasteiger partial charge in [-0.15, -0.1) is 0 Å². The molecule has 0 heterocycles. The minimum Gasteiger partial charge on any atom is -0.326 e. The standard InChI is InChI=1S/C8H8NOS.5FH/c1-6(10)9-7-2-4-8(11)5-3-7;;;;;/h2-5H,1H3,(H,9,10);5*1H. The second-order valence-corrected chi connectivity index (χ2v) is 2.68. The molecule has 1 aromatic rings. The summed E-state index contributed by atoms with van der Waals surface area (Å²) >= 11 is 4.87. The highest BCUT2D eigenvalue weighted by atomic mass is 32.1. The zero-order valence-electron chi connectivity index (χ0n) is 8.17. The van der Waals surface area contributed by atoms with Crippen LogP contribution in [0.2, 0.25) is 0 Å². The molecule has 0 aliphatic carbocycles. The number of hydrogen-bond donors (Lipinski definition) is 1. The average Bonchev–Trinajstić information content (AvgIpc) is 1.93. The molecule has 0 atom stereocenters. The second kappa shape index (κ2) is 13.6. The van der Waals surface area contributed by atoms with Crippen LogP contribution in [0.15, 0.2) is 29.2 Å². The smallest absolute Gasteiger partial charge is 0.221 e. The van der Waals surface area contributed by atoms with Gasteiger partial charge in [-0.05, 0) is 24.3 Å². The molecule has 16 heavy (non-hydrogen) atoms. The Hall–Kier alpha value is -1.44. The van der Waals surface area contributed by atoms with E-state index in [1.807, 2.05) is 0 Å². The zero-order chi connectivity index (χ0) is 8.27. The molecule has 1 radical (unpaired) electrons. The fraction of sp³-hybridized carbons (Fsp3) is 0.125. The number of hydrogen-bond acceptors (Lipinski definition) is 1. The highest BCUT2D eigenvalue weighted by Crippen LogP contribution is 2.11. The minimum absolute atomic E-state index is 0. The average molecular weight is 266 g/mol. The lowest BCUT2D eigenvalue weighted by Gasteiger charge is -1.99. The van der Waals surface area contributed by atoms with Gasteiger partial charge in [0.15, 0.2) is 0 Å². The van der Waals surface area contributed by atoms with E-state index < -0.39 is 0 Å². The Kier molecular flexibility index (Phi) is 24.8. The quantitative estimate of drug-likeness (QED) is 0.778. The van der Waals surface area contributed by atoms with Crippen molar-refractivity contribution < 1.29 is 28.3 Å². The Morgan fingerprint density at radius 3 is 1.69 bits per heavy atom. The molecule has 0 fully saturated rings. The Morgan fingerprint density at radius 2 is 1.38 bits per heavy atom. The molecule has 1 aromatic carbocycles. The van der Waals surface area contributed by atoms with E-state index in [-0.39, 0.29) is 29.4 Å². The summed E-state index contributed by atoms with van der Waals surface area (Å²) in [5.41, 5.74) is 0.783. The van der Waals surface area contributed by atoms with Crippen molar-refractivity contribution in [3.63, 3.8) is 0 Å². The number of benzene rings is 1. The van der Waals surface area contributed by atoms with Crippen molar-refractivity contribution in [3.05, 3.63) is 24.3 Å². The molecule has 1 rings (SSSR count). The molecule has 1 N–H and O–H groups in total. The SMILES string of the molecule is CC(=O)Nc1ccc([S])cc1.F.F.F.F.F. The molecule has 0 aliphatic rings. The number of carbonyl (C=O) groups excluding carboxylic acids is 1. The molecule has 0 aliphatic heterocycles. The number of halogens is 5. The van der Waals surface area contributed by atoms with Crippen molar-refractivity contribution in [1.29, 1.82) is 0 Å². The highest BCUT2D eigenvalue weighted by molar-refractivity contribution is 7.80. The van der Waals surface area contributed by atoms with Crippen molar-refractivity contribution in [2.24, 2.45) is 0 Å². The second-order valence-electron chi connectivity index (χ2n) is 2.21. The maximum atomic E-state index is 10.6. The number of nitrogens with one attached hydrogen (secondary N) is 1. The van der Waals surface area contributed by atoms with Crippen LogP contribution in [-0.4, -0.2) is 5.91 Å². The minimum atomic E-state index is -0.0675. The van der Waals surface area contributed by atoms with Gasteiger partial charge in [-0.25, -0.2) is 0 Å². The summed E-state index contributed by atoms with van der Waals surface area (Å²) in [6.07, 6.45) is 0. The van der Waals surface area contributed by atoms with Crippen LogP contribution < -0.4 is 5.32 Å². The molecule has 97 valence electrons. The fourth-order valence-electron chi connectivity index (χ4n) is 0.742. The summed E-state index contributed by atoms with van der Waals surface area (Å²) in [5, 5.41) is 2.65. The van der Waals surface area contributed by atoms with E-state index in [1.165, 1.54) is 6.92 Å². The number of amides is 1. The van der Waals surface area contributed by atoms with Crippen LogP contribution in [0.1, 0.15) is 6.92 Å². The predicted octanol–water partition coefficient (Wildman–Crippen LogP) is 2.96. The molecule has 0 unspecified atom stereocenters. The van der Waals surface area contributed by atoms with Gasteiger partial charge in [0.25, 0.3) is 0 Å². The summed E-state index contributed by atoms with van der Waals surface area (Å²) < 4.78 is 0. The van der Waals surface area contributed by atoms with Gasteiger partial charge in [0.05, 0.1) is 0 Å². The third kappa shape index (κ3) is 10.6. The van der Waals surface area contributed by atoms with Gasteiger partial charge in [-0.3, -0.25) is 28.3 Å². The Labute approximate surface area is 94.7 Å². The fourth-order valence-corrected chi connectivity index (χ4v) is 0.878. The zero-order valence-corrected chi connectivity index (χ0v) is 8.98. The molecule has 0 saturated carbocycles. The van der Waals surface area contributed by atoms with Crippen molar-refractivity contribution in [1.82, 2.24) is 0 Å². The van der Waals surface area contributed by atoms with Gasteiger partial charge in [-0.2, -0.15) is 0 Å². The summed E-state index contributed by atoms with van der Waals surface area (Å²) in [6.45, 7) is 1.47. The van der Waals surface area contributed by atoms with E-state index in [0.717, 1.165) is 10.6 Å². The monoisotopic (exact) mass is 266 g/mol. The molecule has 0 saturated heterocycles. The summed E-state index contributed by atoms with van der Waals surface area (Å²) in [5.74, 6) is -0.0675. The lowest BCUT2D eigenvalue weighted by atomic mass is 10.3. The molecular weight excluding hydrogens is 253 g/mol. The van der Waals surface area contributed by atoms with Crippen molar-refractivity contribution >= 4 is 24.2 Å². The maximum absolute atomic E-state index is 10.6. The highest BCUT2D eigenvalue weighted by Gasteiger charge is 1.93. The van der Waals surface area contributed by atoms with Crippen LogP contribution in [0.5, 0.6) is 0 Å².